The van der Waals surface area contributed by atoms with Crippen LogP contribution in [0.3, 0.4) is 0 Å². The highest BCUT2D eigenvalue weighted by molar-refractivity contribution is 6.34. The predicted octanol–water partition coefficient (Wildman–Crippen LogP) is 4.22. The molecule has 3 rings (SSSR count). The molecule has 2 aromatic carbocycles. The van der Waals surface area contributed by atoms with Gasteiger partial charge in [-0.1, -0.05) is 44.5 Å². The first-order valence-corrected chi connectivity index (χ1v) is 9.97. The van der Waals surface area contributed by atoms with E-state index in [2.05, 4.69) is 42.9 Å². The molecule has 2 aromatic rings. The lowest BCUT2D eigenvalue weighted by Gasteiger charge is -2.35. The summed E-state index contributed by atoms with van der Waals surface area (Å²) in [6.45, 7) is 10.2. The molecule has 0 atom stereocenters. The number of nitrogens with one attached hydrogen (secondary N) is 1. The number of nitrogen functional groups attached to an aromatic ring is 1. The van der Waals surface area contributed by atoms with E-state index in [1.54, 1.807) is 6.07 Å². The van der Waals surface area contributed by atoms with Crippen molar-refractivity contribution in [1.82, 2.24) is 4.90 Å². The summed E-state index contributed by atoms with van der Waals surface area (Å²) in [5.74, 6) is -0.184. The summed E-state index contributed by atoms with van der Waals surface area (Å²) in [4.78, 5) is 17.2. The van der Waals surface area contributed by atoms with Crippen LogP contribution in [0.15, 0.2) is 36.4 Å². The van der Waals surface area contributed by atoms with Gasteiger partial charge in [-0.3, -0.25) is 4.79 Å². The van der Waals surface area contributed by atoms with Gasteiger partial charge >= 0.3 is 0 Å². The molecule has 1 heterocycles. The fraction of sp³-hybridized carbons (Fsp3) is 0.409. The highest BCUT2D eigenvalue weighted by atomic mass is 35.5. The normalized spacial score (nSPS) is 15.5. The Morgan fingerprint density at radius 3 is 2.25 bits per heavy atom. The molecule has 0 unspecified atom stereocenters. The van der Waals surface area contributed by atoms with Gasteiger partial charge in [-0.05, 0) is 42.3 Å². The first-order valence-electron chi connectivity index (χ1n) is 9.59. The predicted molar refractivity (Wildman–Crippen MR) is 119 cm³/mol. The first-order chi connectivity index (χ1) is 13.1. The van der Waals surface area contributed by atoms with E-state index in [0.29, 0.717) is 22.0 Å². The number of rotatable bonds is 3. The average Bonchev–Trinajstić information content (AvgIpc) is 2.64. The van der Waals surface area contributed by atoms with Crippen molar-refractivity contribution in [3.05, 3.63) is 52.5 Å². The Bertz CT molecular complexity index is 850. The Kier molecular flexibility index (Phi) is 5.87. The van der Waals surface area contributed by atoms with Gasteiger partial charge in [-0.2, -0.15) is 0 Å². The van der Waals surface area contributed by atoms with Crippen molar-refractivity contribution in [2.24, 2.45) is 0 Å². The van der Waals surface area contributed by atoms with E-state index in [9.17, 15) is 4.79 Å². The van der Waals surface area contributed by atoms with Gasteiger partial charge in [0.2, 0.25) is 0 Å². The maximum Gasteiger partial charge on any atom is 0.255 e. The molecule has 1 aliphatic rings. The van der Waals surface area contributed by atoms with Gasteiger partial charge in [-0.15, -0.1) is 0 Å². The zero-order valence-corrected chi connectivity index (χ0v) is 17.8. The molecule has 1 aliphatic heterocycles. The summed E-state index contributed by atoms with van der Waals surface area (Å²) in [6.07, 6.45) is 0. The van der Waals surface area contributed by atoms with Crippen LogP contribution in [0.4, 0.5) is 17.1 Å². The molecule has 0 saturated carbocycles. The monoisotopic (exact) mass is 400 g/mol. The van der Waals surface area contributed by atoms with Crippen LogP contribution >= 0.6 is 11.6 Å². The van der Waals surface area contributed by atoms with E-state index in [-0.39, 0.29) is 11.3 Å². The Balaban J connectivity index is 1.79. The van der Waals surface area contributed by atoms with Crippen molar-refractivity contribution in [1.29, 1.82) is 0 Å². The molecular formula is C22H29ClN4O. The minimum atomic E-state index is -0.184. The fourth-order valence-corrected chi connectivity index (χ4v) is 3.53. The number of carbonyl (C=O) groups excluding carboxylic acids is 1. The Labute approximate surface area is 172 Å². The minimum Gasteiger partial charge on any atom is -0.397 e. The van der Waals surface area contributed by atoms with Crippen LogP contribution in [-0.2, 0) is 5.41 Å². The molecule has 0 radical (unpaired) electrons. The average molecular weight is 401 g/mol. The van der Waals surface area contributed by atoms with E-state index < -0.39 is 0 Å². The Morgan fingerprint density at radius 2 is 1.68 bits per heavy atom. The third-order valence-corrected chi connectivity index (χ3v) is 5.53. The number of amides is 1. The van der Waals surface area contributed by atoms with Gasteiger partial charge in [0.25, 0.3) is 5.91 Å². The quantitative estimate of drug-likeness (QED) is 0.757. The summed E-state index contributed by atoms with van der Waals surface area (Å²) >= 11 is 6.36. The first kappa shape index (κ1) is 20.5. The van der Waals surface area contributed by atoms with Crippen LogP contribution in [0.2, 0.25) is 5.02 Å². The number of likely N-dealkylation sites (N-methyl/N-ethyl adjacent to an activating group) is 1. The topological polar surface area (TPSA) is 61.6 Å². The van der Waals surface area contributed by atoms with E-state index >= 15 is 0 Å². The zero-order valence-electron chi connectivity index (χ0n) is 17.1. The zero-order chi connectivity index (χ0) is 20.5. The summed E-state index contributed by atoms with van der Waals surface area (Å²) in [7, 11) is 2.11. The molecule has 1 saturated heterocycles. The molecule has 5 nitrogen and oxygen atoms in total. The summed E-state index contributed by atoms with van der Waals surface area (Å²) in [5, 5.41) is 3.38. The lowest BCUT2D eigenvalue weighted by atomic mass is 9.87. The van der Waals surface area contributed by atoms with Crippen LogP contribution in [0.1, 0.15) is 36.7 Å². The van der Waals surface area contributed by atoms with Gasteiger partial charge in [0, 0.05) is 31.7 Å². The van der Waals surface area contributed by atoms with Gasteiger partial charge in [0.15, 0.2) is 0 Å². The Hall–Kier alpha value is -2.24. The highest BCUT2D eigenvalue weighted by Gasteiger charge is 2.19. The van der Waals surface area contributed by atoms with Gasteiger partial charge in [-0.25, -0.2) is 0 Å². The third-order valence-electron chi connectivity index (χ3n) is 5.22. The van der Waals surface area contributed by atoms with Crippen molar-refractivity contribution >= 4 is 34.6 Å². The smallest absolute Gasteiger partial charge is 0.255 e. The number of benzene rings is 2. The second kappa shape index (κ2) is 8.02. The minimum absolute atomic E-state index is 0.0483. The Morgan fingerprint density at radius 1 is 1.07 bits per heavy atom. The van der Waals surface area contributed by atoms with Crippen LogP contribution < -0.4 is 16.0 Å². The number of halogens is 1. The molecule has 3 N–H and O–H groups in total. The SMILES string of the molecule is CN1CCN(c2cc(NC(=O)c3ccc(C(C)(C)C)cc3)c(Cl)cc2N)CC1. The summed E-state index contributed by atoms with van der Waals surface area (Å²) in [6, 6.07) is 11.3. The van der Waals surface area contributed by atoms with E-state index in [4.69, 9.17) is 17.3 Å². The van der Waals surface area contributed by atoms with Gasteiger partial charge < -0.3 is 20.9 Å². The fourth-order valence-electron chi connectivity index (χ4n) is 3.31. The van der Waals surface area contributed by atoms with Crippen LogP contribution in [-0.4, -0.2) is 44.0 Å². The standard InChI is InChI=1S/C22H29ClN4O/c1-22(2,3)16-7-5-15(6-8-16)21(28)25-19-14-20(18(24)13-17(19)23)27-11-9-26(4)10-12-27/h5-8,13-14H,9-12,24H2,1-4H3,(H,25,28). The van der Waals surface area contributed by atoms with Gasteiger partial charge in [0.1, 0.15) is 0 Å². The van der Waals surface area contributed by atoms with Gasteiger partial charge in [0.05, 0.1) is 22.1 Å². The number of nitrogens with zero attached hydrogens (tertiary/aromatic N) is 2. The van der Waals surface area contributed by atoms with Crippen LogP contribution in [0, 0.1) is 0 Å². The number of hydrogen-bond donors (Lipinski definition) is 2. The second-order valence-corrected chi connectivity index (χ2v) is 8.87. The summed E-state index contributed by atoms with van der Waals surface area (Å²) in [5.41, 5.74) is 10.2. The molecular weight excluding hydrogens is 372 g/mol. The van der Waals surface area contributed by atoms with Crippen LogP contribution in [0.5, 0.6) is 0 Å². The lowest BCUT2D eigenvalue weighted by Crippen LogP contribution is -2.44. The van der Waals surface area contributed by atoms with E-state index in [1.807, 2.05) is 30.3 Å². The van der Waals surface area contributed by atoms with E-state index in [1.165, 1.54) is 5.56 Å². The maximum atomic E-state index is 12.7. The number of hydrogen-bond acceptors (Lipinski definition) is 4. The number of carbonyl (C=O) groups is 1. The molecule has 150 valence electrons. The molecule has 28 heavy (non-hydrogen) atoms. The highest BCUT2D eigenvalue weighted by Crippen LogP contribution is 2.34. The summed E-state index contributed by atoms with van der Waals surface area (Å²) < 4.78 is 0. The third kappa shape index (κ3) is 4.59. The number of piperazine rings is 1. The molecule has 1 fully saturated rings. The van der Waals surface area contributed by atoms with Crippen molar-refractivity contribution in [3.8, 4) is 0 Å². The van der Waals surface area contributed by atoms with Crippen molar-refractivity contribution in [3.63, 3.8) is 0 Å². The molecule has 0 aliphatic carbocycles. The molecule has 6 heteroatoms. The number of nitrogens with two attached hydrogens (primary N) is 1. The maximum absolute atomic E-state index is 12.7. The van der Waals surface area contributed by atoms with Crippen molar-refractivity contribution in [2.75, 3.05) is 49.2 Å². The molecule has 0 spiro atoms. The number of anilines is 3. The molecule has 1 amide bonds. The largest absolute Gasteiger partial charge is 0.397 e. The lowest BCUT2D eigenvalue weighted by molar-refractivity contribution is 0.102. The molecule has 0 aromatic heterocycles. The van der Waals surface area contributed by atoms with E-state index in [0.717, 1.165) is 31.9 Å². The molecule has 0 bridgehead atoms. The van der Waals surface area contributed by atoms with Crippen molar-refractivity contribution < 1.29 is 4.79 Å². The van der Waals surface area contributed by atoms with Crippen LogP contribution in [0.25, 0.3) is 0 Å². The second-order valence-electron chi connectivity index (χ2n) is 8.46. The van der Waals surface area contributed by atoms with Crippen molar-refractivity contribution in [2.45, 2.75) is 26.2 Å².